The van der Waals surface area contributed by atoms with E-state index in [0.29, 0.717) is 22.3 Å². The molecule has 0 aliphatic carbocycles. The Balaban J connectivity index is 1.80. The lowest BCUT2D eigenvalue weighted by Crippen LogP contribution is -2.25. The molecule has 0 unspecified atom stereocenters. The van der Waals surface area contributed by atoms with Gasteiger partial charge < -0.3 is 10.3 Å². The number of nitrogens with one attached hydrogen (secondary N) is 2. The number of carbonyl (C=O) groups is 1. The van der Waals surface area contributed by atoms with E-state index in [4.69, 9.17) is 0 Å². The van der Waals surface area contributed by atoms with Crippen LogP contribution in [0.4, 0.5) is 0 Å². The van der Waals surface area contributed by atoms with Gasteiger partial charge in [-0.1, -0.05) is 30.3 Å². The summed E-state index contributed by atoms with van der Waals surface area (Å²) in [6.07, 6.45) is 0. The molecule has 0 bridgehead atoms. The molecular weight excluding hydrogens is 266 g/mol. The van der Waals surface area contributed by atoms with E-state index in [-0.39, 0.29) is 18.0 Å². The van der Waals surface area contributed by atoms with Crippen LogP contribution in [0.25, 0.3) is 10.9 Å². The third kappa shape index (κ3) is 2.81. The fraction of sp³-hybridized carbons (Fsp3) is 0.0625. The maximum Gasteiger partial charge on any atom is 0.258 e. The Morgan fingerprint density at radius 3 is 2.57 bits per heavy atom. The van der Waals surface area contributed by atoms with Crippen LogP contribution >= 0.6 is 0 Å². The number of aromatic amines is 1. The van der Waals surface area contributed by atoms with Gasteiger partial charge in [0.2, 0.25) is 0 Å². The van der Waals surface area contributed by atoms with Gasteiger partial charge in [-0.15, -0.1) is 0 Å². The summed E-state index contributed by atoms with van der Waals surface area (Å²) in [5.74, 6) is 0.231. The summed E-state index contributed by atoms with van der Waals surface area (Å²) in [7, 11) is 0. The highest BCUT2D eigenvalue weighted by molar-refractivity contribution is 5.94. The minimum atomic E-state index is -0.204. The standard InChI is InChI=1S/C16H13N3O2/c20-15(11-6-2-1-3-7-11)17-10-14-18-13-9-5-4-8-12(13)16(21)19-14/h1-9H,10H2,(H,17,20)(H,18,19,21). The summed E-state index contributed by atoms with van der Waals surface area (Å²) in [5, 5.41) is 3.27. The third-order valence-electron chi connectivity index (χ3n) is 3.11. The summed E-state index contributed by atoms with van der Waals surface area (Å²) >= 11 is 0. The van der Waals surface area contributed by atoms with Crippen molar-refractivity contribution in [2.75, 3.05) is 0 Å². The molecule has 21 heavy (non-hydrogen) atoms. The molecule has 2 aromatic carbocycles. The molecule has 0 saturated carbocycles. The van der Waals surface area contributed by atoms with Gasteiger partial charge in [0, 0.05) is 5.56 Å². The molecule has 1 heterocycles. The molecule has 0 saturated heterocycles. The first-order valence-electron chi connectivity index (χ1n) is 6.55. The number of nitrogens with zero attached hydrogens (tertiary/aromatic N) is 1. The monoisotopic (exact) mass is 279 g/mol. The van der Waals surface area contributed by atoms with Gasteiger partial charge in [-0.2, -0.15) is 0 Å². The van der Waals surface area contributed by atoms with E-state index >= 15 is 0 Å². The minimum absolute atomic E-state index is 0.174. The summed E-state index contributed by atoms with van der Waals surface area (Å²) in [6, 6.07) is 16.0. The zero-order valence-electron chi connectivity index (χ0n) is 11.2. The zero-order chi connectivity index (χ0) is 14.7. The lowest BCUT2D eigenvalue weighted by molar-refractivity contribution is 0.0950. The first-order chi connectivity index (χ1) is 10.2. The molecular formula is C16H13N3O2. The average Bonchev–Trinajstić information content (AvgIpc) is 2.53. The number of aromatic nitrogens is 2. The van der Waals surface area contributed by atoms with Gasteiger partial charge in [0.1, 0.15) is 5.82 Å². The first kappa shape index (κ1) is 13.1. The quantitative estimate of drug-likeness (QED) is 0.768. The van der Waals surface area contributed by atoms with Gasteiger partial charge in [0.05, 0.1) is 17.4 Å². The van der Waals surface area contributed by atoms with Gasteiger partial charge >= 0.3 is 0 Å². The van der Waals surface area contributed by atoms with Crippen LogP contribution < -0.4 is 10.9 Å². The van der Waals surface area contributed by atoms with Crippen molar-refractivity contribution >= 4 is 16.8 Å². The van der Waals surface area contributed by atoms with Crippen molar-refractivity contribution in [1.82, 2.24) is 15.3 Å². The normalized spacial score (nSPS) is 10.5. The van der Waals surface area contributed by atoms with Crippen LogP contribution in [0.15, 0.2) is 59.4 Å². The smallest absolute Gasteiger partial charge is 0.258 e. The van der Waals surface area contributed by atoms with Crippen molar-refractivity contribution in [3.05, 3.63) is 76.3 Å². The van der Waals surface area contributed by atoms with E-state index < -0.39 is 0 Å². The predicted octanol–water partition coefficient (Wildman–Crippen LogP) is 1.85. The average molecular weight is 279 g/mol. The van der Waals surface area contributed by atoms with E-state index in [1.165, 1.54) is 0 Å². The van der Waals surface area contributed by atoms with E-state index in [0.717, 1.165) is 0 Å². The van der Waals surface area contributed by atoms with Crippen molar-refractivity contribution < 1.29 is 4.79 Å². The first-order valence-corrected chi connectivity index (χ1v) is 6.55. The van der Waals surface area contributed by atoms with Crippen LogP contribution in [0.2, 0.25) is 0 Å². The van der Waals surface area contributed by atoms with Crippen LogP contribution in [-0.2, 0) is 6.54 Å². The highest BCUT2D eigenvalue weighted by Crippen LogP contribution is 2.05. The SMILES string of the molecule is O=C(NCc1nc2ccccc2c(=O)[nH]1)c1ccccc1. The minimum Gasteiger partial charge on any atom is -0.345 e. The van der Waals surface area contributed by atoms with Crippen LogP contribution in [0.5, 0.6) is 0 Å². The van der Waals surface area contributed by atoms with Gasteiger partial charge in [-0.3, -0.25) is 9.59 Å². The summed E-state index contributed by atoms with van der Waals surface area (Å²) in [4.78, 5) is 30.8. The summed E-state index contributed by atoms with van der Waals surface area (Å²) in [6.45, 7) is 0.174. The highest BCUT2D eigenvalue weighted by atomic mass is 16.1. The van der Waals surface area contributed by atoms with Gasteiger partial charge in [0.25, 0.3) is 11.5 Å². The van der Waals surface area contributed by atoms with Crippen molar-refractivity contribution in [2.45, 2.75) is 6.54 Å². The Hall–Kier alpha value is -2.95. The number of hydrogen-bond acceptors (Lipinski definition) is 3. The maximum absolute atomic E-state index is 11.9. The second kappa shape index (κ2) is 5.58. The maximum atomic E-state index is 11.9. The lowest BCUT2D eigenvalue weighted by atomic mass is 10.2. The number of fused-ring (bicyclic) bond motifs is 1. The van der Waals surface area contributed by atoms with E-state index in [9.17, 15) is 9.59 Å². The number of amides is 1. The van der Waals surface area contributed by atoms with Crippen LogP contribution in [0, 0.1) is 0 Å². The molecule has 5 nitrogen and oxygen atoms in total. The highest BCUT2D eigenvalue weighted by Gasteiger charge is 2.06. The van der Waals surface area contributed by atoms with Crippen LogP contribution in [0.1, 0.15) is 16.2 Å². The summed E-state index contributed by atoms with van der Waals surface area (Å²) < 4.78 is 0. The second-order valence-electron chi connectivity index (χ2n) is 4.58. The Kier molecular flexibility index (Phi) is 3.47. The molecule has 3 aromatic rings. The third-order valence-corrected chi connectivity index (χ3v) is 3.11. The molecule has 2 N–H and O–H groups in total. The molecule has 1 amide bonds. The van der Waals surface area contributed by atoms with Crippen molar-refractivity contribution in [3.63, 3.8) is 0 Å². The van der Waals surface area contributed by atoms with Crippen molar-refractivity contribution in [2.24, 2.45) is 0 Å². The fourth-order valence-corrected chi connectivity index (χ4v) is 2.07. The number of para-hydroxylation sites is 1. The molecule has 5 heteroatoms. The van der Waals surface area contributed by atoms with Crippen LogP contribution in [0.3, 0.4) is 0 Å². The lowest BCUT2D eigenvalue weighted by Gasteiger charge is -2.05. The van der Waals surface area contributed by atoms with Crippen molar-refractivity contribution in [3.8, 4) is 0 Å². The van der Waals surface area contributed by atoms with Gasteiger partial charge in [0.15, 0.2) is 0 Å². The van der Waals surface area contributed by atoms with E-state index in [1.807, 2.05) is 12.1 Å². The molecule has 0 aliphatic rings. The summed E-state index contributed by atoms with van der Waals surface area (Å²) in [5.41, 5.74) is 0.982. The molecule has 0 fully saturated rings. The molecule has 0 aliphatic heterocycles. The molecule has 104 valence electrons. The molecule has 3 rings (SSSR count). The van der Waals surface area contributed by atoms with Crippen LogP contribution in [-0.4, -0.2) is 15.9 Å². The molecule has 0 radical (unpaired) electrons. The predicted molar refractivity (Wildman–Crippen MR) is 80.0 cm³/mol. The topological polar surface area (TPSA) is 74.8 Å². The van der Waals surface area contributed by atoms with Gasteiger partial charge in [-0.05, 0) is 24.3 Å². The molecule has 0 spiro atoms. The Bertz CT molecular complexity index is 841. The second-order valence-corrected chi connectivity index (χ2v) is 4.58. The Labute approximate surface area is 120 Å². The number of rotatable bonds is 3. The number of carbonyl (C=O) groups excluding carboxylic acids is 1. The Morgan fingerprint density at radius 1 is 1.05 bits per heavy atom. The number of benzene rings is 2. The zero-order valence-corrected chi connectivity index (χ0v) is 11.2. The van der Waals surface area contributed by atoms with E-state index in [1.54, 1.807) is 42.5 Å². The van der Waals surface area contributed by atoms with Crippen molar-refractivity contribution in [1.29, 1.82) is 0 Å². The van der Waals surface area contributed by atoms with E-state index in [2.05, 4.69) is 15.3 Å². The number of hydrogen-bond donors (Lipinski definition) is 2. The Morgan fingerprint density at radius 2 is 1.76 bits per heavy atom. The fourth-order valence-electron chi connectivity index (χ4n) is 2.07. The molecule has 1 aromatic heterocycles. The largest absolute Gasteiger partial charge is 0.345 e. The number of H-pyrrole nitrogens is 1. The molecule has 0 atom stereocenters. The van der Waals surface area contributed by atoms with Gasteiger partial charge in [-0.25, -0.2) is 4.98 Å².